The highest BCUT2D eigenvalue weighted by atomic mass is 14.9. The monoisotopic (exact) mass is 213 g/mol. The number of hydrogen-bond acceptors (Lipinski definition) is 3. The predicted molar refractivity (Wildman–Crippen MR) is 68.9 cm³/mol. The zero-order valence-electron chi connectivity index (χ0n) is 10.4. The summed E-state index contributed by atoms with van der Waals surface area (Å²) in [7, 11) is 0. The molecule has 0 aliphatic heterocycles. The Hall–Kier alpha value is -0.410. The van der Waals surface area contributed by atoms with E-state index in [1.807, 2.05) is 13.1 Å². The van der Waals surface area contributed by atoms with Gasteiger partial charge in [-0.05, 0) is 52.0 Å². The second kappa shape index (κ2) is 13.6. The summed E-state index contributed by atoms with van der Waals surface area (Å²) in [6.07, 6.45) is 6.97. The van der Waals surface area contributed by atoms with Crippen LogP contribution < -0.4 is 10.6 Å². The fourth-order valence-electron chi connectivity index (χ4n) is 1.32. The maximum absolute atomic E-state index is 4.14. The first-order valence-corrected chi connectivity index (χ1v) is 6.27. The molecule has 0 fully saturated rings. The second-order valence-electron chi connectivity index (χ2n) is 3.73. The molecule has 0 saturated carbocycles. The molecule has 0 aliphatic rings. The third kappa shape index (κ3) is 13.6. The van der Waals surface area contributed by atoms with Crippen LogP contribution in [0.3, 0.4) is 0 Å². The van der Waals surface area contributed by atoms with Crippen LogP contribution in [0.5, 0.6) is 0 Å². The minimum atomic E-state index is 0.908. The summed E-state index contributed by atoms with van der Waals surface area (Å²) in [6, 6.07) is 0. The lowest BCUT2D eigenvalue weighted by Crippen LogP contribution is -2.21. The minimum Gasteiger partial charge on any atom is -0.317 e. The van der Waals surface area contributed by atoms with Crippen LogP contribution >= 0.6 is 0 Å². The van der Waals surface area contributed by atoms with E-state index in [9.17, 15) is 0 Å². The molecule has 2 N–H and O–H groups in total. The Morgan fingerprint density at radius 2 is 1.53 bits per heavy atom. The first kappa shape index (κ1) is 14.6. The van der Waals surface area contributed by atoms with Gasteiger partial charge in [-0.1, -0.05) is 13.3 Å². The van der Waals surface area contributed by atoms with Gasteiger partial charge in [0.15, 0.2) is 0 Å². The summed E-state index contributed by atoms with van der Waals surface area (Å²) < 4.78 is 0. The van der Waals surface area contributed by atoms with E-state index in [-0.39, 0.29) is 0 Å². The molecule has 90 valence electrons. The summed E-state index contributed by atoms with van der Waals surface area (Å²) in [5.74, 6) is 0. The van der Waals surface area contributed by atoms with Gasteiger partial charge >= 0.3 is 0 Å². The highest BCUT2D eigenvalue weighted by molar-refractivity contribution is 5.53. The molecule has 0 radical (unpaired) electrons. The maximum atomic E-state index is 4.14. The Morgan fingerprint density at radius 1 is 0.933 bits per heavy atom. The third-order valence-electron chi connectivity index (χ3n) is 2.26. The average molecular weight is 213 g/mol. The molecule has 15 heavy (non-hydrogen) atoms. The Balaban J connectivity index is 2.86. The van der Waals surface area contributed by atoms with E-state index in [0.29, 0.717) is 0 Å². The fourth-order valence-corrected chi connectivity index (χ4v) is 1.32. The van der Waals surface area contributed by atoms with Crippen molar-refractivity contribution in [3.05, 3.63) is 0 Å². The van der Waals surface area contributed by atoms with Crippen molar-refractivity contribution in [3.63, 3.8) is 0 Å². The van der Waals surface area contributed by atoms with Gasteiger partial charge in [-0.15, -0.1) is 0 Å². The van der Waals surface area contributed by atoms with Crippen molar-refractivity contribution in [2.45, 2.75) is 39.5 Å². The van der Waals surface area contributed by atoms with Gasteiger partial charge in [-0.3, -0.25) is 4.99 Å². The van der Waals surface area contributed by atoms with Gasteiger partial charge in [0.2, 0.25) is 0 Å². The van der Waals surface area contributed by atoms with Crippen LogP contribution in [0.1, 0.15) is 39.5 Å². The minimum absolute atomic E-state index is 0.908. The zero-order chi connectivity index (χ0) is 11.2. The van der Waals surface area contributed by atoms with E-state index < -0.39 is 0 Å². The van der Waals surface area contributed by atoms with Crippen LogP contribution in [0.2, 0.25) is 0 Å². The molecule has 0 amide bonds. The molecule has 0 aromatic rings. The van der Waals surface area contributed by atoms with Crippen molar-refractivity contribution < 1.29 is 0 Å². The molecule has 0 aliphatic carbocycles. The SMILES string of the molecule is C/C=N/CCNCCCCNCCCC. The van der Waals surface area contributed by atoms with Crippen molar-refractivity contribution in [3.8, 4) is 0 Å². The largest absolute Gasteiger partial charge is 0.317 e. The smallest absolute Gasteiger partial charge is 0.0510 e. The molecular weight excluding hydrogens is 186 g/mol. The predicted octanol–water partition coefficient (Wildman–Crippen LogP) is 1.84. The van der Waals surface area contributed by atoms with Crippen LogP contribution in [0.4, 0.5) is 0 Å². The van der Waals surface area contributed by atoms with E-state index in [0.717, 1.165) is 26.2 Å². The molecule has 0 rings (SSSR count). The van der Waals surface area contributed by atoms with E-state index in [2.05, 4.69) is 22.5 Å². The van der Waals surface area contributed by atoms with Crippen molar-refractivity contribution in [1.29, 1.82) is 0 Å². The van der Waals surface area contributed by atoms with Gasteiger partial charge in [-0.2, -0.15) is 0 Å². The molecule has 0 aromatic carbocycles. The van der Waals surface area contributed by atoms with Gasteiger partial charge in [0.05, 0.1) is 6.54 Å². The number of nitrogens with one attached hydrogen (secondary N) is 2. The van der Waals surface area contributed by atoms with E-state index >= 15 is 0 Å². The molecule has 3 nitrogen and oxygen atoms in total. The fraction of sp³-hybridized carbons (Fsp3) is 0.917. The molecule has 0 saturated heterocycles. The van der Waals surface area contributed by atoms with Gasteiger partial charge < -0.3 is 10.6 Å². The van der Waals surface area contributed by atoms with Crippen molar-refractivity contribution in [2.24, 2.45) is 4.99 Å². The highest BCUT2D eigenvalue weighted by Gasteiger charge is 1.89. The Bertz CT molecular complexity index is 135. The number of hydrogen-bond donors (Lipinski definition) is 2. The van der Waals surface area contributed by atoms with Crippen molar-refractivity contribution in [1.82, 2.24) is 10.6 Å². The van der Waals surface area contributed by atoms with Gasteiger partial charge in [0.25, 0.3) is 0 Å². The van der Waals surface area contributed by atoms with E-state index in [1.165, 1.54) is 32.2 Å². The maximum Gasteiger partial charge on any atom is 0.0510 e. The van der Waals surface area contributed by atoms with Crippen LogP contribution in [0, 0.1) is 0 Å². The quantitative estimate of drug-likeness (QED) is 0.406. The molecule has 0 atom stereocenters. The van der Waals surface area contributed by atoms with Gasteiger partial charge in [0, 0.05) is 6.54 Å². The Kier molecular flexibility index (Phi) is 13.2. The summed E-state index contributed by atoms with van der Waals surface area (Å²) in [5.41, 5.74) is 0. The van der Waals surface area contributed by atoms with Gasteiger partial charge in [-0.25, -0.2) is 0 Å². The highest BCUT2D eigenvalue weighted by Crippen LogP contribution is 1.86. The number of aliphatic imine (C=N–C) groups is 1. The first-order chi connectivity index (χ1) is 7.41. The topological polar surface area (TPSA) is 36.4 Å². The molecule has 0 heterocycles. The normalized spacial score (nSPS) is 11.3. The summed E-state index contributed by atoms with van der Waals surface area (Å²) >= 11 is 0. The lowest BCUT2D eigenvalue weighted by Gasteiger charge is -2.04. The van der Waals surface area contributed by atoms with Crippen molar-refractivity contribution >= 4 is 6.21 Å². The molecule has 0 bridgehead atoms. The average Bonchev–Trinajstić information content (AvgIpc) is 2.26. The van der Waals surface area contributed by atoms with Crippen LogP contribution in [0.15, 0.2) is 4.99 Å². The Labute approximate surface area is 94.7 Å². The zero-order valence-corrected chi connectivity index (χ0v) is 10.4. The lowest BCUT2D eigenvalue weighted by atomic mass is 10.3. The van der Waals surface area contributed by atoms with E-state index in [4.69, 9.17) is 0 Å². The summed E-state index contributed by atoms with van der Waals surface area (Å²) in [5, 5.41) is 6.83. The van der Waals surface area contributed by atoms with Crippen LogP contribution in [-0.4, -0.2) is 38.9 Å². The lowest BCUT2D eigenvalue weighted by molar-refractivity contribution is 0.574. The van der Waals surface area contributed by atoms with Crippen LogP contribution in [-0.2, 0) is 0 Å². The number of rotatable bonds is 11. The van der Waals surface area contributed by atoms with Gasteiger partial charge in [0.1, 0.15) is 0 Å². The number of nitrogens with zero attached hydrogens (tertiary/aromatic N) is 1. The third-order valence-corrected chi connectivity index (χ3v) is 2.26. The number of unbranched alkanes of at least 4 members (excludes halogenated alkanes) is 2. The van der Waals surface area contributed by atoms with Crippen molar-refractivity contribution in [2.75, 3.05) is 32.7 Å². The summed E-state index contributed by atoms with van der Waals surface area (Å²) in [6.45, 7) is 9.56. The second-order valence-corrected chi connectivity index (χ2v) is 3.73. The Morgan fingerprint density at radius 3 is 2.13 bits per heavy atom. The molecule has 0 spiro atoms. The molecular formula is C12H27N3. The first-order valence-electron chi connectivity index (χ1n) is 6.27. The molecule has 0 unspecified atom stereocenters. The van der Waals surface area contributed by atoms with Crippen LogP contribution in [0.25, 0.3) is 0 Å². The summed E-state index contributed by atoms with van der Waals surface area (Å²) in [4.78, 5) is 4.14. The van der Waals surface area contributed by atoms with E-state index in [1.54, 1.807) is 0 Å². The molecule has 0 aromatic heterocycles. The molecule has 3 heteroatoms. The standard InChI is InChI=1S/C12H27N3/c1-3-5-8-14-9-6-7-10-15-12-11-13-4-2/h4,14-15H,3,5-12H2,1-2H3/b13-4+.